The van der Waals surface area contributed by atoms with Crippen molar-refractivity contribution in [2.75, 3.05) is 17.6 Å². The lowest BCUT2D eigenvalue weighted by Crippen LogP contribution is -2.25. The summed E-state index contributed by atoms with van der Waals surface area (Å²) in [6.45, 7) is 4.25. The normalized spacial score (nSPS) is 12.9. The van der Waals surface area contributed by atoms with Crippen LogP contribution in [0, 0.1) is 5.92 Å². The van der Waals surface area contributed by atoms with Gasteiger partial charge in [-0.1, -0.05) is 25.4 Å². The zero-order valence-corrected chi connectivity index (χ0v) is 9.49. The Balaban J connectivity index is 2.61. The minimum absolute atomic E-state index is 0.154. The van der Waals surface area contributed by atoms with Gasteiger partial charge in [-0.2, -0.15) is 4.98 Å². The Bertz CT molecular complexity index is 332. The number of hydrogen-bond acceptors (Lipinski definition) is 5. The Morgan fingerprint density at radius 1 is 1.60 bits per heavy atom. The Hall–Kier alpha value is -1.07. The minimum atomic E-state index is -0.447. The lowest BCUT2D eigenvalue weighted by atomic mass is 10.1. The van der Waals surface area contributed by atoms with Crippen molar-refractivity contribution in [1.29, 1.82) is 0 Å². The highest BCUT2D eigenvalue weighted by Gasteiger charge is 2.10. The van der Waals surface area contributed by atoms with Crippen molar-refractivity contribution in [1.82, 2.24) is 9.97 Å². The Morgan fingerprint density at radius 3 is 2.87 bits per heavy atom. The Morgan fingerprint density at radius 2 is 2.27 bits per heavy atom. The molecule has 1 aromatic rings. The molecule has 1 unspecified atom stereocenters. The van der Waals surface area contributed by atoms with E-state index in [4.69, 9.17) is 17.3 Å². The van der Waals surface area contributed by atoms with Gasteiger partial charge in [0.25, 0.3) is 0 Å². The van der Waals surface area contributed by atoms with Gasteiger partial charge in [-0.15, -0.1) is 0 Å². The van der Waals surface area contributed by atoms with E-state index in [0.29, 0.717) is 17.4 Å². The molecule has 4 N–H and O–H groups in total. The molecule has 0 amide bonds. The first kappa shape index (κ1) is 12.0. The van der Waals surface area contributed by atoms with Gasteiger partial charge in [-0.3, -0.25) is 0 Å². The zero-order valence-electron chi connectivity index (χ0n) is 8.74. The predicted molar refractivity (Wildman–Crippen MR) is 60.8 cm³/mol. The molecule has 15 heavy (non-hydrogen) atoms. The second-order valence-corrected chi connectivity index (χ2v) is 4.02. The molecule has 6 heteroatoms. The van der Waals surface area contributed by atoms with Crippen LogP contribution in [0.5, 0.6) is 0 Å². The number of halogens is 1. The molecule has 84 valence electrons. The third-order valence-corrected chi connectivity index (χ3v) is 2.29. The van der Waals surface area contributed by atoms with Crippen LogP contribution < -0.4 is 11.1 Å². The number of nitrogens with two attached hydrogens (primary N) is 1. The largest absolute Gasteiger partial charge is 0.391 e. The molecule has 1 heterocycles. The van der Waals surface area contributed by atoms with Crippen molar-refractivity contribution in [2.45, 2.75) is 20.0 Å². The lowest BCUT2D eigenvalue weighted by Gasteiger charge is -2.15. The Kier molecular flexibility index (Phi) is 4.11. The van der Waals surface area contributed by atoms with Gasteiger partial charge in [-0.05, 0) is 5.92 Å². The van der Waals surface area contributed by atoms with E-state index in [1.54, 1.807) is 0 Å². The number of nitrogens with one attached hydrogen (secondary N) is 1. The molecule has 1 atom stereocenters. The first-order valence-electron chi connectivity index (χ1n) is 4.70. The molecular formula is C9H15ClN4O. The zero-order chi connectivity index (χ0) is 11.4. The first-order valence-corrected chi connectivity index (χ1v) is 5.08. The summed E-state index contributed by atoms with van der Waals surface area (Å²) in [5, 5.41) is 12.9. The number of hydrogen-bond donors (Lipinski definition) is 3. The summed E-state index contributed by atoms with van der Waals surface area (Å²) in [6.07, 6.45) is 0.978. The van der Waals surface area contributed by atoms with Crippen LogP contribution in [0.3, 0.4) is 0 Å². The summed E-state index contributed by atoms with van der Waals surface area (Å²) in [5.74, 6) is 0.778. The van der Waals surface area contributed by atoms with Gasteiger partial charge in [0.05, 0.1) is 12.3 Å². The van der Waals surface area contributed by atoms with E-state index in [-0.39, 0.29) is 11.9 Å². The van der Waals surface area contributed by atoms with Crippen LogP contribution in [0.1, 0.15) is 13.8 Å². The molecular weight excluding hydrogens is 216 g/mol. The topological polar surface area (TPSA) is 84.1 Å². The van der Waals surface area contributed by atoms with E-state index in [1.807, 2.05) is 13.8 Å². The standard InChI is InChI=1S/C9H15ClN4O/c1-5(2)7(15)4-12-8-6(10)3-13-9(11)14-8/h3,5,7,15H,4H2,1-2H3,(H3,11,12,13,14). The molecule has 0 fully saturated rings. The highest BCUT2D eigenvalue weighted by Crippen LogP contribution is 2.18. The van der Waals surface area contributed by atoms with Crippen LogP contribution in [0.4, 0.5) is 11.8 Å². The fraction of sp³-hybridized carbons (Fsp3) is 0.556. The maximum absolute atomic E-state index is 9.57. The number of aliphatic hydroxyl groups excluding tert-OH is 1. The summed E-state index contributed by atoms with van der Waals surface area (Å²) in [6, 6.07) is 0. The monoisotopic (exact) mass is 230 g/mol. The van der Waals surface area contributed by atoms with Gasteiger partial charge in [0.1, 0.15) is 5.02 Å². The molecule has 0 aliphatic rings. The van der Waals surface area contributed by atoms with Gasteiger partial charge in [0, 0.05) is 6.54 Å². The summed E-state index contributed by atoms with van der Waals surface area (Å²) >= 11 is 5.83. The van der Waals surface area contributed by atoms with Gasteiger partial charge in [0.15, 0.2) is 5.82 Å². The van der Waals surface area contributed by atoms with Gasteiger partial charge < -0.3 is 16.2 Å². The highest BCUT2D eigenvalue weighted by atomic mass is 35.5. The second kappa shape index (κ2) is 5.14. The van der Waals surface area contributed by atoms with Crippen LogP contribution in [0.2, 0.25) is 5.02 Å². The molecule has 0 aliphatic carbocycles. The van der Waals surface area contributed by atoms with Crippen molar-refractivity contribution in [3.8, 4) is 0 Å². The maximum Gasteiger partial charge on any atom is 0.222 e. The van der Waals surface area contributed by atoms with Crippen LogP contribution in [-0.2, 0) is 0 Å². The summed E-state index contributed by atoms with van der Waals surface area (Å²) in [7, 11) is 0. The maximum atomic E-state index is 9.57. The van der Waals surface area contributed by atoms with Crippen molar-refractivity contribution >= 4 is 23.4 Å². The lowest BCUT2D eigenvalue weighted by molar-refractivity contribution is 0.138. The third kappa shape index (κ3) is 3.53. The average Bonchev–Trinajstić information content (AvgIpc) is 2.18. The van der Waals surface area contributed by atoms with E-state index >= 15 is 0 Å². The number of aromatic nitrogens is 2. The third-order valence-electron chi connectivity index (χ3n) is 2.01. The molecule has 1 rings (SSSR count). The van der Waals surface area contributed by atoms with E-state index in [2.05, 4.69) is 15.3 Å². The fourth-order valence-corrected chi connectivity index (χ4v) is 1.10. The van der Waals surface area contributed by atoms with Crippen molar-refractivity contribution < 1.29 is 5.11 Å². The number of rotatable bonds is 4. The summed E-state index contributed by atoms with van der Waals surface area (Å²) in [4.78, 5) is 7.65. The number of anilines is 2. The first-order chi connectivity index (χ1) is 7.00. The van der Waals surface area contributed by atoms with Crippen molar-refractivity contribution in [2.24, 2.45) is 5.92 Å². The fourth-order valence-electron chi connectivity index (χ4n) is 0.942. The van der Waals surface area contributed by atoms with Crippen LogP contribution in [0.15, 0.2) is 6.20 Å². The molecule has 0 spiro atoms. The summed E-state index contributed by atoms with van der Waals surface area (Å²) < 4.78 is 0. The van der Waals surface area contributed by atoms with Crippen LogP contribution in [-0.4, -0.2) is 27.7 Å². The molecule has 1 aromatic heterocycles. The van der Waals surface area contributed by atoms with Crippen molar-refractivity contribution in [3.63, 3.8) is 0 Å². The molecule has 0 aliphatic heterocycles. The van der Waals surface area contributed by atoms with E-state index in [9.17, 15) is 5.11 Å². The molecule has 0 saturated carbocycles. The smallest absolute Gasteiger partial charge is 0.222 e. The van der Waals surface area contributed by atoms with Crippen LogP contribution >= 0.6 is 11.6 Å². The second-order valence-electron chi connectivity index (χ2n) is 3.62. The quantitative estimate of drug-likeness (QED) is 0.723. The van der Waals surface area contributed by atoms with E-state index < -0.39 is 6.10 Å². The molecule has 0 radical (unpaired) electrons. The predicted octanol–water partition coefficient (Wildman–Crippen LogP) is 1.14. The van der Waals surface area contributed by atoms with E-state index in [0.717, 1.165) is 0 Å². The van der Waals surface area contributed by atoms with Crippen LogP contribution in [0.25, 0.3) is 0 Å². The molecule has 0 bridgehead atoms. The number of nitrogens with zero attached hydrogens (tertiary/aromatic N) is 2. The number of aliphatic hydroxyl groups is 1. The van der Waals surface area contributed by atoms with Gasteiger partial charge in [-0.25, -0.2) is 4.98 Å². The molecule has 0 aromatic carbocycles. The number of nitrogen functional groups attached to an aromatic ring is 1. The molecule has 5 nitrogen and oxygen atoms in total. The van der Waals surface area contributed by atoms with Gasteiger partial charge >= 0.3 is 0 Å². The molecule has 0 saturated heterocycles. The Labute approximate surface area is 93.7 Å². The highest BCUT2D eigenvalue weighted by molar-refractivity contribution is 6.32. The summed E-state index contributed by atoms with van der Waals surface area (Å²) in [5.41, 5.74) is 5.41. The van der Waals surface area contributed by atoms with E-state index in [1.165, 1.54) is 6.20 Å². The van der Waals surface area contributed by atoms with Crippen molar-refractivity contribution in [3.05, 3.63) is 11.2 Å². The van der Waals surface area contributed by atoms with Gasteiger partial charge in [0.2, 0.25) is 5.95 Å². The minimum Gasteiger partial charge on any atom is -0.391 e. The average molecular weight is 231 g/mol. The SMILES string of the molecule is CC(C)C(O)CNc1nc(N)ncc1Cl.